The van der Waals surface area contributed by atoms with Crippen molar-refractivity contribution in [3.63, 3.8) is 0 Å². The molecule has 0 spiro atoms. The predicted molar refractivity (Wildman–Crippen MR) is 122 cm³/mol. The van der Waals surface area contributed by atoms with E-state index in [-0.39, 0.29) is 11.7 Å². The molecule has 3 aromatic heterocycles. The largest absolute Gasteiger partial charge is 0.494 e. The standard InChI is InChI=1S/C24H26N4O3/c1-3-30-17-7-8-20-16(11-17)12-19(24(29)26-20)22-23(25-13-18-5-4-10-31-18)28-14-15(2)6-9-21(28)27-22/h6-9,11-12,14,18,25H,3-5,10,13H2,1-2H3,(H,26,29). The Hall–Kier alpha value is -3.32. The lowest BCUT2D eigenvalue weighted by atomic mass is 10.1. The van der Waals surface area contributed by atoms with Crippen molar-refractivity contribution in [1.29, 1.82) is 0 Å². The molecule has 4 aromatic rings. The number of pyridine rings is 2. The maximum atomic E-state index is 13.0. The summed E-state index contributed by atoms with van der Waals surface area (Å²) in [6.45, 7) is 6.06. The van der Waals surface area contributed by atoms with Crippen LogP contribution in [0.3, 0.4) is 0 Å². The number of hydrogen-bond donors (Lipinski definition) is 2. The SMILES string of the molecule is CCOc1ccc2[nH]c(=O)c(-c3nc4ccc(C)cn4c3NCC3CCCO3)cc2c1. The monoisotopic (exact) mass is 418 g/mol. The molecular weight excluding hydrogens is 392 g/mol. The van der Waals surface area contributed by atoms with Gasteiger partial charge in [-0.2, -0.15) is 0 Å². The van der Waals surface area contributed by atoms with E-state index in [4.69, 9.17) is 14.5 Å². The summed E-state index contributed by atoms with van der Waals surface area (Å²) < 4.78 is 13.4. The lowest BCUT2D eigenvalue weighted by Crippen LogP contribution is -2.20. The molecular formula is C24H26N4O3. The Bertz CT molecular complexity index is 1300. The average Bonchev–Trinajstić information content (AvgIpc) is 3.40. The van der Waals surface area contributed by atoms with Gasteiger partial charge in [0.2, 0.25) is 0 Å². The number of imidazole rings is 1. The summed E-state index contributed by atoms with van der Waals surface area (Å²) in [6, 6.07) is 11.6. The summed E-state index contributed by atoms with van der Waals surface area (Å²) in [5.41, 5.74) is 3.66. The number of benzene rings is 1. The van der Waals surface area contributed by atoms with Gasteiger partial charge in [0.25, 0.3) is 5.56 Å². The fraction of sp³-hybridized carbons (Fsp3) is 0.333. The first kappa shape index (κ1) is 19.6. The molecule has 0 amide bonds. The number of fused-ring (bicyclic) bond motifs is 2. The summed E-state index contributed by atoms with van der Waals surface area (Å²) in [5.74, 6) is 1.58. The first-order chi connectivity index (χ1) is 15.1. The lowest BCUT2D eigenvalue weighted by Gasteiger charge is -2.13. The molecule has 7 heteroatoms. The van der Waals surface area contributed by atoms with E-state index < -0.39 is 0 Å². The highest BCUT2D eigenvalue weighted by atomic mass is 16.5. The van der Waals surface area contributed by atoms with Crippen LogP contribution in [-0.2, 0) is 4.74 Å². The number of H-pyrrole nitrogens is 1. The number of nitrogens with one attached hydrogen (secondary N) is 2. The van der Waals surface area contributed by atoms with Gasteiger partial charge in [-0.1, -0.05) is 6.07 Å². The summed E-state index contributed by atoms with van der Waals surface area (Å²) in [4.78, 5) is 20.8. The summed E-state index contributed by atoms with van der Waals surface area (Å²) in [6.07, 6.45) is 4.32. The number of ether oxygens (including phenoxy) is 2. The number of hydrogen-bond acceptors (Lipinski definition) is 5. The van der Waals surface area contributed by atoms with Crippen LogP contribution in [-0.4, -0.2) is 40.2 Å². The molecule has 0 radical (unpaired) electrons. The molecule has 160 valence electrons. The molecule has 1 aliphatic rings. The van der Waals surface area contributed by atoms with Crippen molar-refractivity contribution in [2.45, 2.75) is 32.8 Å². The maximum Gasteiger partial charge on any atom is 0.258 e. The molecule has 1 saturated heterocycles. The smallest absolute Gasteiger partial charge is 0.258 e. The fourth-order valence-corrected chi connectivity index (χ4v) is 4.14. The number of rotatable bonds is 6. The zero-order valence-corrected chi connectivity index (χ0v) is 17.8. The van der Waals surface area contributed by atoms with E-state index in [1.165, 1.54) is 0 Å². The molecule has 0 aliphatic carbocycles. The Balaban J connectivity index is 1.64. The van der Waals surface area contributed by atoms with Crippen LogP contribution in [0.1, 0.15) is 25.3 Å². The summed E-state index contributed by atoms with van der Waals surface area (Å²) in [7, 11) is 0. The van der Waals surface area contributed by atoms with E-state index in [1.807, 2.05) is 60.8 Å². The van der Waals surface area contributed by atoms with Crippen LogP contribution < -0.4 is 15.6 Å². The topological polar surface area (TPSA) is 80.7 Å². The Morgan fingerprint density at radius 1 is 1.29 bits per heavy atom. The minimum atomic E-state index is -0.169. The molecule has 1 unspecified atom stereocenters. The normalized spacial score (nSPS) is 16.3. The second-order valence-electron chi connectivity index (χ2n) is 7.95. The van der Waals surface area contributed by atoms with Crippen molar-refractivity contribution in [3.05, 3.63) is 58.5 Å². The minimum Gasteiger partial charge on any atom is -0.494 e. The summed E-state index contributed by atoms with van der Waals surface area (Å²) in [5, 5.41) is 4.41. The van der Waals surface area contributed by atoms with E-state index in [0.717, 1.165) is 53.1 Å². The molecule has 0 bridgehead atoms. The number of aromatic nitrogens is 3. The quantitative estimate of drug-likeness (QED) is 0.492. The number of nitrogens with zero attached hydrogens (tertiary/aromatic N) is 2. The van der Waals surface area contributed by atoms with E-state index in [2.05, 4.69) is 10.3 Å². The highest BCUT2D eigenvalue weighted by Gasteiger charge is 2.21. The van der Waals surface area contributed by atoms with Crippen molar-refractivity contribution in [3.8, 4) is 17.0 Å². The lowest BCUT2D eigenvalue weighted by molar-refractivity contribution is 0.120. The number of aromatic amines is 1. The van der Waals surface area contributed by atoms with Gasteiger partial charge in [-0.15, -0.1) is 0 Å². The van der Waals surface area contributed by atoms with Crippen molar-refractivity contribution in [1.82, 2.24) is 14.4 Å². The van der Waals surface area contributed by atoms with E-state index in [0.29, 0.717) is 24.4 Å². The third-order valence-corrected chi connectivity index (χ3v) is 5.67. The van der Waals surface area contributed by atoms with Gasteiger partial charge in [0.05, 0.1) is 18.3 Å². The van der Waals surface area contributed by atoms with Gasteiger partial charge >= 0.3 is 0 Å². The fourth-order valence-electron chi connectivity index (χ4n) is 4.14. The van der Waals surface area contributed by atoms with Crippen molar-refractivity contribution in [2.75, 3.05) is 25.1 Å². The molecule has 5 rings (SSSR count). The van der Waals surface area contributed by atoms with Gasteiger partial charge in [-0.25, -0.2) is 4.98 Å². The Kier molecular flexibility index (Phi) is 5.11. The second-order valence-corrected chi connectivity index (χ2v) is 7.95. The Labute approximate surface area is 180 Å². The molecule has 7 nitrogen and oxygen atoms in total. The average molecular weight is 418 g/mol. The molecule has 0 saturated carbocycles. The first-order valence-electron chi connectivity index (χ1n) is 10.8. The van der Waals surface area contributed by atoms with Gasteiger partial charge in [0, 0.05) is 30.3 Å². The van der Waals surface area contributed by atoms with Crippen LogP contribution in [0.5, 0.6) is 5.75 Å². The number of anilines is 1. The first-order valence-corrected chi connectivity index (χ1v) is 10.8. The van der Waals surface area contributed by atoms with Crippen LogP contribution in [0.25, 0.3) is 27.8 Å². The highest BCUT2D eigenvalue weighted by Crippen LogP contribution is 2.30. The van der Waals surface area contributed by atoms with Gasteiger partial charge in [0.15, 0.2) is 0 Å². The minimum absolute atomic E-state index is 0.169. The molecule has 4 heterocycles. The van der Waals surface area contributed by atoms with Crippen LogP contribution in [0.2, 0.25) is 0 Å². The van der Waals surface area contributed by atoms with E-state index in [1.54, 1.807) is 0 Å². The summed E-state index contributed by atoms with van der Waals surface area (Å²) >= 11 is 0. The van der Waals surface area contributed by atoms with Crippen LogP contribution >= 0.6 is 0 Å². The third kappa shape index (κ3) is 3.77. The highest BCUT2D eigenvalue weighted by molar-refractivity contribution is 5.87. The van der Waals surface area contributed by atoms with Crippen LogP contribution in [0, 0.1) is 6.92 Å². The molecule has 31 heavy (non-hydrogen) atoms. The molecule has 2 N–H and O–H groups in total. The van der Waals surface area contributed by atoms with Gasteiger partial charge in [-0.05, 0) is 62.6 Å². The second kappa shape index (κ2) is 8.07. The van der Waals surface area contributed by atoms with Gasteiger partial charge in [0.1, 0.15) is 22.9 Å². The molecule has 1 atom stereocenters. The maximum absolute atomic E-state index is 13.0. The third-order valence-electron chi connectivity index (χ3n) is 5.67. The van der Waals surface area contributed by atoms with Gasteiger partial charge < -0.3 is 19.8 Å². The van der Waals surface area contributed by atoms with Crippen LogP contribution in [0.15, 0.2) is 47.4 Å². The molecule has 1 fully saturated rings. The number of aryl methyl sites for hydroxylation is 1. The van der Waals surface area contributed by atoms with Crippen molar-refractivity contribution in [2.24, 2.45) is 0 Å². The van der Waals surface area contributed by atoms with Crippen molar-refractivity contribution >= 4 is 22.4 Å². The van der Waals surface area contributed by atoms with E-state index >= 15 is 0 Å². The van der Waals surface area contributed by atoms with Crippen molar-refractivity contribution < 1.29 is 9.47 Å². The Morgan fingerprint density at radius 2 is 2.19 bits per heavy atom. The molecule has 1 aliphatic heterocycles. The Morgan fingerprint density at radius 3 is 3.00 bits per heavy atom. The predicted octanol–water partition coefficient (Wildman–Crippen LogP) is 4.14. The van der Waals surface area contributed by atoms with Gasteiger partial charge in [-0.3, -0.25) is 9.20 Å². The zero-order chi connectivity index (χ0) is 21.4. The zero-order valence-electron chi connectivity index (χ0n) is 17.8. The van der Waals surface area contributed by atoms with E-state index in [9.17, 15) is 4.79 Å². The van der Waals surface area contributed by atoms with Crippen LogP contribution in [0.4, 0.5) is 5.82 Å². The molecule has 1 aromatic carbocycles.